The van der Waals surface area contributed by atoms with Crippen molar-refractivity contribution in [3.05, 3.63) is 76.1 Å². The highest BCUT2D eigenvalue weighted by atomic mass is 35.5. The standard InChI is InChI=1S/C15H12ClN3O2/c16-14-13(17-9-12-7-4-8-21-12)10-18-19(15(14)20)11-5-2-1-3-6-11/h1-8,10,17H,9H2. The fourth-order valence-corrected chi connectivity index (χ4v) is 2.10. The average molecular weight is 302 g/mol. The van der Waals surface area contributed by atoms with E-state index in [0.717, 1.165) is 5.76 Å². The number of para-hydroxylation sites is 1. The van der Waals surface area contributed by atoms with Crippen LogP contribution >= 0.6 is 11.6 Å². The number of hydrogen-bond acceptors (Lipinski definition) is 4. The SMILES string of the molecule is O=c1c(Cl)c(NCc2ccco2)cnn1-c1ccccc1. The molecule has 0 saturated carbocycles. The Morgan fingerprint density at radius 3 is 2.71 bits per heavy atom. The Bertz CT molecular complexity index is 782. The van der Waals surface area contributed by atoms with E-state index in [9.17, 15) is 4.79 Å². The second kappa shape index (κ2) is 5.85. The zero-order valence-electron chi connectivity index (χ0n) is 11.0. The van der Waals surface area contributed by atoms with Crippen LogP contribution in [0.4, 0.5) is 5.69 Å². The molecule has 1 N–H and O–H groups in total. The van der Waals surface area contributed by atoms with Gasteiger partial charge in [-0.3, -0.25) is 4.79 Å². The van der Waals surface area contributed by atoms with Gasteiger partial charge < -0.3 is 9.73 Å². The number of furan rings is 1. The molecule has 5 nitrogen and oxygen atoms in total. The molecule has 0 aliphatic carbocycles. The van der Waals surface area contributed by atoms with Crippen LogP contribution in [0.2, 0.25) is 5.02 Å². The molecular formula is C15H12ClN3O2. The van der Waals surface area contributed by atoms with Crippen LogP contribution in [0.15, 0.2) is 64.1 Å². The highest BCUT2D eigenvalue weighted by Crippen LogP contribution is 2.17. The van der Waals surface area contributed by atoms with E-state index in [1.807, 2.05) is 24.3 Å². The number of hydrogen-bond donors (Lipinski definition) is 1. The van der Waals surface area contributed by atoms with Crippen molar-refractivity contribution < 1.29 is 4.42 Å². The summed E-state index contributed by atoms with van der Waals surface area (Å²) in [6.45, 7) is 0.434. The molecule has 0 radical (unpaired) electrons. The monoisotopic (exact) mass is 301 g/mol. The summed E-state index contributed by atoms with van der Waals surface area (Å²) in [5.74, 6) is 0.748. The Morgan fingerprint density at radius 2 is 2.00 bits per heavy atom. The lowest BCUT2D eigenvalue weighted by molar-refractivity contribution is 0.518. The molecule has 6 heteroatoms. The molecule has 0 spiro atoms. The molecule has 0 aliphatic rings. The molecule has 2 aromatic heterocycles. The topological polar surface area (TPSA) is 60.1 Å². The van der Waals surface area contributed by atoms with Gasteiger partial charge in [0.15, 0.2) is 0 Å². The van der Waals surface area contributed by atoms with Gasteiger partial charge in [0, 0.05) is 0 Å². The molecule has 0 amide bonds. The van der Waals surface area contributed by atoms with Crippen LogP contribution < -0.4 is 10.9 Å². The Hall–Kier alpha value is -2.53. The van der Waals surface area contributed by atoms with Crippen LogP contribution in [0, 0.1) is 0 Å². The van der Waals surface area contributed by atoms with Crippen LogP contribution in [0.1, 0.15) is 5.76 Å². The fraction of sp³-hybridized carbons (Fsp3) is 0.0667. The van der Waals surface area contributed by atoms with E-state index >= 15 is 0 Å². The normalized spacial score (nSPS) is 10.5. The lowest BCUT2D eigenvalue weighted by atomic mass is 10.3. The largest absolute Gasteiger partial charge is 0.467 e. The van der Waals surface area contributed by atoms with Crippen molar-refractivity contribution in [1.82, 2.24) is 9.78 Å². The molecular weight excluding hydrogens is 290 g/mol. The van der Waals surface area contributed by atoms with Crippen molar-refractivity contribution in [2.45, 2.75) is 6.54 Å². The van der Waals surface area contributed by atoms with Gasteiger partial charge in [0.2, 0.25) is 0 Å². The van der Waals surface area contributed by atoms with Crippen molar-refractivity contribution in [2.75, 3.05) is 5.32 Å². The van der Waals surface area contributed by atoms with E-state index in [4.69, 9.17) is 16.0 Å². The van der Waals surface area contributed by atoms with Crippen LogP contribution in [-0.2, 0) is 6.54 Å². The molecule has 0 saturated heterocycles. The minimum absolute atomic E-state index is 0.0976. The van der Waals surface area contributed by atoms with E-state index < -0.39 is 0 Å². The second-order valence-electron chi connectivity index (χ2n) is 4.36. The first kappa shape index (κ1) is 13.5. The van der Waals surface area contributed by atoms with Gasteiger partial charge in [-0.2, -0.15) is 9.78 Å². The van der Waals surface area contributed by atoms with Gasteiger partial charge in [-0.05, 0) is 24.3 Å². The van der Waals surface area contributed by atoms with Crippen molar-refractivity contribution >= 4 is 17.3 Å². The fourth-order valence-electron chi connectivity index (χ4n) is 1.90. The number of halogens is 1. The van der Waals surface area contributed by atoms with E-state index in [0.29, 0.717) is 17.9 Å². The zero-order chi connectivity index (χ0) is 14.7. The van der Waals surface area contributed by atoms with Gasteiger partial charge in [-0.25, -0.2) is 0 Å². The second-order valence-corrected chi connectivity index (χ2v) is 4.74. The molecule has 1 aromatic carbocycles. The van der Waals surface area contributed by atoms with Crippen LogP contribution in [0.3, 0.4) is 0 Å². The predicted molar refractivity (Wildman–Crippen MR) is 80.9 cm³/mol. The number of nitrogens with zero attached hydrogens (tertiary/aromatic N) is 2. The summed E-state index contributed by atoms with van der Waals surface area (Å²) >= 11 is 6.12. The van der Waals surface area contributed by atoms with Gasteiger partial charge >= 0.3 is 0 Å². The average Bonchev–Trinajstić information content (AvgIpc) is 3.03. The highest BCUT2D eigenvalue weighted by molar-refractivity contribution is 6.32. The first-order valence-corrected chi connectivity index (χ1v) is 6.73. The summed E-state index contributed by atoms with van der Waals surface area (Å²) in [6.07, 6.45) is 3.12. The van der Waals surface area contributed by atoms with Gasteiger partial charge in [-0.1, -0.05) is 29.8 Å². The number of rotatable bonds is 4. The molecule has 3 rings (SSSR count). The third kappa shape index (κ3) is 2.83. The lowest BCUT2D eigenvalue weighted by Crippen LogP contribution is -2.22. The summed E-state index contributed by atoms with van der Waals surface area (Å²) in [5.41, 5.74) is 0.777. The summed E-state index contributed by atoms with van der Waals surface area (Å²) < 4.78 is 6.47. The third-order valence-corrected chi connectivity index (χ3v) is 3.32. The van der Waals surface area contributed by atoms with Gasteiger partial charge in [-0.15, -0.1) is 0 Å². The van der Waals surface area contributed by atoms with Gasteiger partial charge in [0.25, 0.3) is 5.56 Å². The van der Waals surface area contributed by atoms with Crippen molar-refractivity contribution in [3.63, 3.8) is 0 Å². The number of benzene rings is 1. The molecule has 2 heterocycles. The predicted octanol–water partition coefficient (Wildman–Crippen LogP) is 3.09. The number of anilines is 1. The lowest BCUT2D eigenvalue weighted by Gasteiger charge is -2.09. The summed E-state index contributed by atoms with van der Waals surface area (Å²) in [7, 11) is 0. The van der Waals surface area contributed by atoms with Crippen molar-refractivity contribution in [2.24, 2.45) is 0 Å². The van der Waals surface area contributed by atoms with Crippen molar-refractivity contribution in [3.8, 4) is 5.69 Å². The van der Waals surface area contributed by atoms with E-state index in [1.165, 1.54) is 10.9 Å². The van der Waals surface area contributed by atoms with E-state index in [1.54, 1.807) is 24.5 Å². The summed E-state index contributed by atoms with van der Waals surface area (Å²) in [6, 6.07) is 12.8. The maximum atomic E-state index is 12.3. The molecule has 0 unspecified atom stereocenters. The van der Waals surface area contributed by atoms with Crippen LogP contribution in [0.25, 0.3) is 5.69 Å². The summed E-state index contributed by atoms with van der Waals surface area (Å²) in [4.78, 5) is 12.3. The van der Waals surface area contributed by atoms with Crippen LogP contribution in [-0.4, -0.2) is 9.78 Å². The Balaban J connectivity index is 1.88. The molecule has 0 aliphatic heterocycles. The first-order valence-electron chi connectivity index (χ1n) is 6.35. The molecule has 0 bridgehead atoms. The van der Waals surface area contributed by atoms with Crippen molar-refractivity contribution in [1.29, 1.82) is 0 Å². The third-order valence-electron chi connectivity index (χ3n) is 2.95. The van der Waals surface area contributed by atoms with Gasteiger partial charge in [0.05, 0.1) is 30.4 Å². The smallest absolute Gasteiger partial charge is 0.292 e. The van der Waals surface area contributed by atoms with Crippen LogP contribution in [0.5, 0.6) is 0 Å². The quantitative estimate of drug-likeness (QED) is 0.804. The Labute approximate surface area is 125 Å². The van der Waals surface area contributed by atoms with E-state index in [2.05, 4.69) is 10.4 Å². The highest BCUT2D eigenvalue weighted by Gasteiger charge is 2.10. The Morgan fingerprint density at radius 1 is 1.19 bits per heavy atom. The molecule has 0 atom stereocenters. The minimum Gasteiger partial charge on any atom is -0.467 e. The molecule has 3 aromatic rings. The molecule has 21 heavy (non-hydrogen) atoms. The maximum Gasteiger partial charge on any atom is 0.292 e. The molecule has 0 fully saturated rings. The first-order chi connectivity index (χ1) is 10.3. The summed E-state index contributed by atoms with van der Waals surface area (Å²) in [5, 5.41) is 7.27. The van der Waals surface area contributed by atoms with E-state index in [-0.39, 0.29) is 10.6 Å². The maximum absolute atomic E-state index is 12.3. The Kier molecular flexibility index (Phi) is 3.75. The molecule has 106 valence electrons. The number of aromatic nitrogens is 2. The van der Waals surface area contributed by atoms with Gasteiger partial charge in [0.1, 0.15) is 10.8 Å². The minimum atomic E-state index is -0.368. The number of nitrogens with one attached hydrogen (secondary N) is 1. The zero-order valence-corrected chi connectivity index (χ0v) is 11.7.